The Morgan fingerprint density at radius 3 is 1.49 bits per heavy atom. The molecule has 2 nitrogen and oxygen atoms in total. The van der Waals surface area contributed by atoms with Gasteiger partial charge >= 0.3 is 0 Å². The number of rotatable bonds is 4. The molecular formula is C57H35NO. The molecule has 13 rings (SSSR count). The van der Waals surface area contributed by atoms with Crippen molar-refractivity contribution in [2.24, 2.45) is 0 Å². The molecule has 2 aliphatic carbocycles. The quantitative estimate of drug-likeness (QED) is 0.167. The first-order valence-corrected chi connectivity index (χ1v) is 20.4. The fourth-order valence-corrected chi connectivity index (χ4v) is 10.8. The lowest BCUT2D eigenvalue weighted by molar-refractivity contribution is 0.669. The predicted molar refractivity (Wildman–Crippen MR) is 245 cm³/mol. The number of furan rings is 1. The minimum absolute atomic E-state index is 0.465. The molecule has 0 radical (unpaired) electrons. The first-order valence-electron chi connectivity index (χ1n) is 20.4. The molecule has 0 fully saturated rings. The number of benzene rings is 10. The van der Waals surface area contributed by atoms with Gasteiger partial charge in [0.15, 0.2) is 0 Å². The fourth-order valence-electron chi connectivity index (χ4n) is 10.8. The molecule has 0 atom stereocenters. The van der Waals surface area contributed by atoms with Crippen LogP contribution in [0.3, 0.4) is 0 Å². The van der Waals surface area contributed by atoms with E-state index in [1.54, 1.807) is 0 Å². The molecule has 0 unspecified atom stereocenters. The third kappa shape index (κ3) is 4.30. The first-order chi connectivity index (χ1) is 29.3. The van der Waals surface area contributed by atoms with E-state index in [4.69, 9.17) is 4.42 Å². The Labute approximate surface area is 341 Å². The number of hydrogen-bond acceptors (Lipinski definition) is 2. The van der Waals surface area contributed by atoms with Crippen molar-refractivity contribution in [3.8, 4) is 33.4 Å². The van der Waals surface area contributed by atoms with Gasteiger partial charge in [0.2, 0.25) is 0 Å². The summed E-state index contributed by atoms with van der Waals surface area (Å²) >= 11 is 0. The van der Waals surface area contributed by atoms with Crippen molar-refractivity contribution < 1.29 is 4.42 Å². The van der Waals surface area contributed by atoms with Crippen LogP contribution in [0.4, 0.5) is 17.1 Å². The van der Waals surface area contributed by atoms with Crippen LogP contribution < -0.4 is 4.90 Å². The van der Waals surface area contributed by atoms with Gasteiger partial charge in [0.1, 0.15) is 11.2 Å². The summed E-state index contributed by atoms with van der Waals surface area (Å²) in [4.78, 5) is 2.52. The predicted octanol–water partition coefficient (Wildman–Crippen LogP) is 15.4. The van der Waals surface area contributed by atoms with Crippen LogP contribution >= 0.6 is 0 Å². The van der Waals surface area contributed by atoms with Crippen LogP contribution in [0.25, 0.3) is 76.9 Å². The Bertz CT molecular complexity index is 3460. The van der Waals surface area contributed by atoms with Gasteiger partial charge in [-0.1, -0.05) is 176 Å². The molecule has 0 saturated heterocycles. The van der Waals surface area contributed by atoms with Gasteiger partial charge in [-0.25, -0.2) is 0 Å². The molecule has 11 aromatic rings. The summed E-state index contributed by atoms with van der Waals surface area (Å²) in [7, 11) is 0. The first kappa shape index (κ1) is 32.4. The Morgan fingerprint density at radius 1 is 0.322 bits per heavy atom. The van der Waals surface area contributed by atoms with Crippen molar-refractivity contribution >= 4 is 60.5 Å². The smallest absolute Gasteiger partial charge is 0.136 e. The van der Waals surface area contributed by atoms with Crippen molar-refractivity contribution in [1.82, 2.24) is 0 Å². The van der Waals surface area contributed by atoms with Crippen LogP contribution in [0.15, 0.2) is 217 Å². The number of hydrogen-bond donors (Lipinski definition) is 0. The molecule has 10 aromatic carbocycles. The van der Waals surface area contributed by atoms with Crippen LogP contribution in [-0.4, -0.2) is 0 Å². The maximum atomic E-state index is 6.56. The maximum Gasteiger partial charge on any atom is 0.136 e. The van der Waals surface area contributed by atoms with E-state index in [0.29, 0.717) is 0 Å². The average molecular weight is 750 g/mol. The van der Waals surface area contributed by atoms with Crippen LogP contribution in [0.2, 0.25) is 0 Å². The monoisotopic (exact) mass is 749 g/mol. The second-order valence-corrected chi connectivity index (χ2v) is 15.9. The maximum absolute atomic E-state index is 6.56. The summed E-state index contributed by atoms with van der Waals surface area (Å²) in [5.41, 5.74) is 17.5. The second-order valence-electron chi connectivity index (χ2n) is 15.9. The fraction of sp³-hybridized carbons (Fsp3) is 0.0175. The normalized spacial score (nSPS) is 13.2. The van der Waals surface area contributed by atoms with Gasteiger partial charge in [0.05, 0.1) is 11.1 Å². The highest BCUT2D eigenvalue weighted by molar-refractivity contribution is 6.26. The average Bonchev–Trinajstić information content (AvgIpc) is 3.94. The summed E-state index contributed by atoms with van der Waals surface area (Å²) in [6.45, 7) is 0. The summed E-state index contributed by atoms with van der Waals surface area (Å²) < 4.78 is 6.56. The molecule has 0 aliphatic heterocycles. The molecule has 0 saturated carbocycles. The molecule has 2 aliphatic rings. The third-order valence-corrected chi connectivity index (χ3v) is 13.1. The Kier molecular flexibility index (Phi) is 6.68. The lowest BCUT2D eigenvalue weighted by Crippen LogP contribution is -2.26. The third-order valence-electron chi connectivity index (χ3n) is 13.1. The number of para-hydroxylation sites is 2. The number of fused-ring (bicyclic) bond motifs is 16. The highest BCUT2D eigenvalue weighted by Gasteiger charge is 2.51. The SMILES string of the molecule is c1ccc(N(c2ccc3c(c2)C2(c4ccccc4-c4ccccc42)c2ccccc2-3)c2c(-c3cccc4oc5ccccc5c34)c3ccccc3c3ccccc23)cc1. The Hall–Kier alpha value is -7.68. The summed E-state index contributed by atoms with van der Waals surface area (Å²) in [5, 5.41) is 7.06. The van der Waals surface area contributed by atoms with E-state index in [2.05, 4.69) is 217 Å². The molecule has 0 N–H and O–H groups in total. The van der Waals surface area contributed by atoms with Crippen LogP contribution in [0, 0.1) is 0 Å². The van der Waals surface area contributed by atoms with Gasteiger partial charge in [-0.3, -0.25) is 0 Å². The largest absolute Gasteiger partial charge is 0.456 e. The molecule has 1 heterocycles. The molecule has 274 valence electrons. The van der Waals surface area contributed by atoms with Crippen molar-refractivity contribution in [2.75, 3.05) is 4.90 Å². The zero-order valence-corrected chi connectivity index (χ0v) is 32.1. The molecule has 0 amide bonds. The van der Waals surface area contributed by atoms with Crippen molar-refractivity contribution in [3.05, 3.63) is 235 Å². The standard InChI is InChI=1S/C57H35NO/c1-2-17-36(18-3-1)58(37-33-34-43-42-23-10-14-30-50(42)57(51(43)35-37)48-28-12-8-21-40(48)41-22-9-13-29-49(41)57)56-45-25-7-5-20-39(45)38-19-4-6-24-44(38)55(56)47-27-16-32-53-54(47)46-26-11-15-31-52(46)59-53/h1-35H. The van der Waals surface area contributed by atoms with Crippen LogP contribution in [0.1, 0.15) is 22.3 Å². The Balaban J connectivity index is 1.18. The molecule has 59 heavy (non-hydrogen) atoms. The Morgan fingerprint density at radius 2 is 0.814 bits per heavy atom. The molecule has 2 heteroatoms. The van der Waals surface area contributed by atoms with E-state index >= 15 is 0 Å². The number of anilines is 3. The highest BCUT2D eigenvalue weighted by atomic mass is 16.3. The lowest BCUT2D eigenvalue weighted by Gasteiger charge is -2.33. The van der Waals surface area contributed by atoms with Gasteiger partial charge in [0.25, 0.3) is 0 Å². The zero-order chi connectivity index (χ0) is 38.7. The number of nitrogens with zero attached hydrogens (tertiary/aromatic N) is 1. The van der Waals surface area contributed by atoms with Crippen LogP contribution in [-0.2, 0) is 5.41 Å². The van der Waals surface area contributed by atoms with Crippen LogP contribution in [0.5, 0.6) is 0 Å². The topological polar surface area (TPSA) is 16.4 Å². The van der Waals surface area contributed by atoms with E-state index in [-0.39, 0.29) is 0 Å². The zero-order valence-electron chi connectivity index (χ0n) is 32.1. The molecule has 0 bridgehead atoms. The van der Waals surface area contributed by atoms with E-state index in [9.17, 15) is 0 Å². The van der Waals surface area contributed by atoms with Gasteiger partial charge in [-0.2, -0.15) is 0 Å². The van der Waals surface area contributed by atoms with Gasteiger partial charge < -0.3 is 9.32 Å². The van der Waals surface area contributed by atoms with Crippen molar-refractivity contribution in [1.29, 1.82) is 0 Å². The summed E-state index contributed by atoms with van der Waals surface area (Å²) in [6, 6.07) is 78.1. The van der Waals surface area contributed by atoms with Gasteiger partial charge in [0, 0.05) is 33.1 Å². The minimum atomic E-state index is -0.465. The van der Waals surface area contributed by atoms with Gasteiger partial charge in [-0.05, 0) is 103 Å². The van der Waals surface area contributed by atoms with Crippen molar-refractivity contribution in [3.63, 3.8) is 0 Å². The molecule has 1 aromatic heterocycles. The minimum Gasteiger partial charge on any atom is -0.456 e. The van der Waals surface area contributed by atoms with Crippen molar-refractivity contribution in [2.45, 2.75) is 5.41 Å². The van der Waals surface area contributed by atoms with E-state index in [0.717, 1.165) is 44.6 Å². The van der Waals surface area contributed by atoms with E-state index < -0.39 is 5.41 Å². The summed E-state index contributed by atoms with van der Waals surface area (Å²) in [6.07, 6.45) is 0. The molecular weight excluding hydrogens is 715 g/mol. The highest BCUT2D eigenvalue weighted by Crippen LogP contribution is 2.63. The van der Waals surface area contributed by atoms with Gasteiger partial charge in [-0.15, -0.1) is 0 Å². The molecule has 1 spiro atoms. The van der Waals surface area contributed by atoms with E-state index in [1.807, 2.05) is 0 Å². The lowest BCUT2D eigenvalue weighted by atomic mass is 9.70. The van der Waals surface area contributed by atoms with E-state index in [1.165, 1.54) is 71.6 Å². The second kappa shape index (κ2) is 12.2. The summed E-state index contributed by atoms with van der Waals surface area (Å²) in [5.74, 6) is 0.